The molecule has 100 valence electrons. The first-order valence-electron chi connectivity index (χ1n) is 7.25. The standard InChI is InChI=1S/C18H18N2/c19-15-10-6-12-17-18(15)14-9-4-5-11-16(14)20(17)13-7-2-1-3-8-13/h1-3,5-8,10-12,15,18H,4,9,19H2/t15-,18?/m1/s1. The third-order valence-electron chi connectivity index (χ3n) is 4.38. The lowest BCUT2D eigenvalue weighted by Crippen LogP contribution is -2.33. The molecule has 1 aliphatic heterocycles. The zero-order valence-electron chi connectivity index (χ0n) is 11.4. The zero-order valence-corrected chi connectivity index (χ0v) is 11.4. The van der Waals surface area contributed by atoms with Crippen LogP contribution < -0.4 is 10.6 Å². The molecule has 0 saturated heterocycles. The van der Waals surface area contributed by atoms with Crippen molar-refractivity contribution in [1.29, 1.82) is 0 Å². The summed E-state index contributed by atoms with van der Waals surface area (Å²) in [7, 11) is 0. The molecule has 3 aliphatic rings. The van der Waals surface area contributed by atoms with E-state index in [9.17, 15) is 0 Å². The van der Waals surface area contributed by atoms with Crippen LogP contribution in [0, 0.1) is 5.92 Å². The lowest BCUT2D eigenvalue weighted by molar-refractivity contribution is 0.606. The fourth-order valence-corrected chi connectivity index (χ4v) is 3.53. The molecule has 0 amide bonds. The van der Waals surface area contributed by atoms with Gasteiger partial charge in [0.1, 0.15) is 0 Å². The Labute approximate surface area is 119 Å². The smallest absolute Gasteiger partial charge is 0.0458 e. The number of nitrogens with zero attached hydrogens (tertiary/aromatic N) is 1. The molecule has 4 rings (SSSR count). The summed E-state index contributed by atoms with van der Waals surface area (Å²) >= 11 is 0. The van der Waals surface area contributed by atoms with Crippen LogP contribution in [0.15, 0.2) is 77.7 Å². The highest BCUT2D eigenvalue weighted by atomic mass is 15.2. The average molecular weight is 262 g/mol. The van der Waals surface area contributed by atoms with Crippen molar-refractivity contribution in [2.75, 3.05) is 4.90 Å². The number of benzene rings is 1. The van der Waals surface area contributed by atoms with E-state index in [4.69, 9.17) is 5.73 Å². The van der Waals surface area contributed by atoms with Gasteiger partial charge >= 0.3 is 0 Å². The molecular weight excluding hydrogens is 244 g/mol. The zero-order chi connectivity index (χ0) is 13.5. The van der Waals surface area contributed by atoms with Gasteiger partial charge in [-0.1, -0.05) is 36.4 Å². The summed E-state index contributed by atoms with van der Waals surface area (Å²) in [6.45, 7) is 0. The lowest BCUT2D eigenvalue weighted by Gasteiger charge is -2.28. The van der Waals surface area contributed by atoms with E-state index in [1.807, 2.05) is 0 Å². The van der Waals surface area contributed by atoms with Gasteiger partial charge in [0.15, 0.2) is 0 Å². The van der Waals surface area contributed by atoms with Crippen molar-refractivity contribution in [2.45, 2.75) is 18.9 Å². The van der Waals surface area contributed by atoms with E-state index in [2.05, 4.69) is 65.6 Å². The van der Waals surface area contributed by atoms with Crippen molar-refractivity contribution in [3.8, 4) is 0 Å². The Morgan fingerprint density at radius 3 is 2.85 bits per heavy atom. The lowest BCUT2D eigenvalue weighted by atomic mass is 9.84. The number of nitrogens with two attached hydrogens (primary N) is 1. The summed E-state index contributed by atoms with van der Waals surface area (Å²) in [6, 6.07) is 10.7. The van der Waals surface area contributed by atoms with E-state index in [0.29, 0.717) is 5.92 Å². The number of allylic oxidation sites excluding steroid dienone is 4. The second kappa shape index (κ2) is 4.50. The van der Waals surface area contributed by atoms with Gasteiger partial charge in [0.2, 0.25) is 0 Å². The molecule has 1 aromatic carbocycles. The largest absolute Gasteiger partial charge is 0.324 e. The van der Waals surface area contributed by atoms with Crippen molar-refractivity contribution in [1.82, 2.24) is 0 Å². The third kappa shape index (κ3) is 1.61. The summed E-state index contributed by atoms with van der Waals surface area (Å²) < 4.78 is 0. The van der Waals surface area contributed by atoms with Gasteiger partial charge in [-0.2, -0.15) is 0 Å². The summed E-state index contributed by atoms with van der Waals surface area (Å²) in [5, 5.41) is 0. The maximum atomic E-state index is 6.35. The van der Waals surface area contributed by atoms with Crippen LogP contribution in [0.2, 0.25) is 0 Å². The number of para-hydroxylation sites is 1. The van der Waals surface area contributed by atoms with E-state index in [-0.39, 0.29) is 6.04 Å². The molecule has 0 fully saturated rings. The average Bonchev–Trinajstić information content (AvgIpc) is 2.84. The van der Waals surface area contributed by atoms with Crippen LogP contribution >= 0.6 is 0 Å². The third-order valence-corrected chi connectivity index (χ3v) is 4.38. The van der Waals surface area contributed by atoms with E-state index in [0.717, 1.165) is 12.8 Å². The monoisotopic (exact) mass is 262 g/mol. The SMILES string of the molecule is N[C@@H]1C=CC=C2C1C1=C(C=CCC1)N2c1ccccc1. The van der Waals surface area contributed by atoms with Gasteiger partial charge in [0.25, 0.3) is 0 Å². The quantitative estimate of drug-likeness (QED) is 0.839. The first kappa shape index (κ1) is 11.7. The Morgan fingerprint density at radius 1 is 1.15 bits per heavy atom. The van der Waals surface area contributed by atoms with Crippen molar-refractivity contribution in [3.63, 3.8) is 0 Å². The first-order chi connectivity index (χ1) is 9.86. The maximum absolute atomic E-state index is 6.35. The van der Waals surface area contributed by atoms with Crippen molar-refractivity contribution < 1.29 is 0 Å². The molecule has 2 heteroatoms. The molecule has 0 saturated carbocycles. The number of fused-ring (bicyclic) bond motifs is 2. The predicted octanol–water partition coefficient (Wildman–Crippen LogP) is 3.51. The Morgan fingerprint density at radius 2 is 2.00 bits per heavy atom. The maximum Gasteiger partial charge on any atom is 0.0458 e. The van der Waals surface area contributed by atoms with Crippen LogP contribution in [0.1, 0.15) is 12.8 Å². The Balaban J connectivity index is 1.89. The Bertz CT molecular complexity index is 649. The van der Waals surface area contributed by atoms with Crippen LogP contribution in [0.4, 0.5) is 5.69 Å². The molecular formula is C18H18N2. The minimum atomic E-state index is 0.0974. The highest BCUT2D eigenvalue weighted by molar-refractivity contribution is 5.69. The molecule has 2 N–H and O–H groups in total. The van der Waals surface area contributed by atoms with Gasteiger partial charge in [-0.25, -0.2) is 0 Å². The van der Waals surface area contributed by atoms with Crippen molar-refractivity contribution in [3.05, 3.63) is 77.7 Å². The molecule has 20 heavy (non-hydrogen) atoms. The van der Waals surface area contributed by atoms with E-state index < -0.39 is 0 Å². The van der Waals surface area contributed by atoms with Crippen LogP contribution in [0.3, 0.4) is 0 Å². The van der Waals surface area contributed by atoms with E-state index in [1.54, 1.807) is 0 Å². The highest BCUT2D eigenvalue weighted by Gasteiger charge is 2.39. The molecule has 0 aromatic heterocycles. The van der Waals surface area contributed by atoms with Gasteiger partial charge < -0.3 is 10.6 Å². The van der Waals surface area contributed by atoms with Gasteiger partial charge in [-0.15, -0.1) is 0 Å². The van der Waals surface area contributed by atoms with Gasteiger partial charge in [0.05, 0.1) is 0 Å². The minimum absolute atomic E-state index is 0.0974. The molecule has 1 aromatic rings. The van der Waals surface area contributed by atoms with Crippen LogP contribution in [0.5, 0.6) is 0 Å². The van der Waals surface area contributed by atoms with E-state index in [1.165, 1.54) is 22.7 Å². The van der Waals surface area contributed by atoms with Gasteiger partial charge in [-0.3, -0.25) is 0 Å². The summed E-state index contributed by atoms with van der Waals surface area (Å²) in [5.41, 5.74) is 11.7. The summed E-state index contributed by atoms with van der Waals surface area (Å²) in [4.78, 5) is 2.37. The molecule has 2 nitrogen and oxygen atoms in total. The predicted molar refractivity (Wildman–Crippen MR) is 83.0 cm³/mol. The Hall–Kier alpha value is -2.06. The molecule has 0 radical (unpaired) electrons. The number of rotatable bonds is 1. The topological polar surface area (TPSA) is 29.3 Å². The van der Waals surface area contributed by atoms with Crippen LogP contribution in [-0.2, 0) is 0 Å². The molecule has 0 bridgehead atoms. The van der Waals surface area contributed by atoms with Crippen LogP contribution in [-0.4, -0.2) is 6.04 Å². The van der Waals surface area contributed by atoms with Gasteiger partial charge in [-0.05, 0) is 42.7 Å². The molecule has 0 spiro atoms. The molecule has 1 heterocycles. The van der Waals surface area contributed by atoms with Gasteiger partial charge in [0, 0.05) is 29.0 Å². The fourth-order valence-electron chi connectivity index (χ4n) is 3.53. The second-order valence-electron chi connectivity index (χ2n) is 5.55. The summed E-state index contributed by atoms with van der Waals surface area (Å²) in [5.74, 6) is 0.347. The molecule has 1 unspecified atom stereocenters. The number of hydrogen-bond acceptors (Lipinski definition) is 2. The Kier molecular flexibility index (Phi) is 2.64. The normalized spacial score (nSPS) is 27.4. The molecule has 2 atom stereocenters. The van der Waals surface area contributed by atoms with Crippen LogP contribution in [0.25, 0.3) is 0 Å². The highest BCUT2D eigenvalue weighted by Crippen LogP contribution is 2.46. The van der Waals surface area contributed by atoms with Crippen molar-refractivity contribution in [2.24, 2.45) is 11.7 Å². The number of hydrogen-bond donors (Lipinski definition) is 1. The second-order valence-corrected chi connectivity index (χ2v) is 5.55. The number of anilines is 1. The fraction of sp³-hybridized carbons (Fsp3) is 0.222. The first-order valence-corrected chi connectivity index (χ1v) is 7.25. The molecule has 2 aliphatic carbocycles. The van der Waals surface area contributed by atoms with Crippen molar-refractivity contribution >= 4 is 5.69 Å². The summed E-state index contributed by atoms with van der Waals surface area (Å²) in [6.07, 6.45) is 13.2. The van der Waals surface area contributed by atoms with E-state index >= 15 is 0 Å². The minimum Gasteiger partial charge on any atom is -0.324 e.